The third kappa shape index (κ3) is 4.02. The summed E-state index contributed by atoms with van der Waals surface area (Å²) in [4.78, 5) is 25.2. The molecule has 0 aliphatic carbocycles. The summed E-state index contributed by atoms with van der Waals surface area (Å²) in [6.07, 6.45) is 1.46. The normalized spacial score (nSPS) is 14.9. The van der Waals surface area contributed by atoms with Gasteiger partial charge in [-0.2, -0.15) is 0 Å². The number of anilines is 3. The van der Waals surface area contributed by atoms with Gasteiger partial charge in [0.1, 0.15) is 12.0 Å². The summed E-state index contributed by atoms with van der Waals surface area (Å²) in [6, 6.07) is 7.33. The van der Waals surface area contributed by atoms with Gasteiger partial charge in [-0.15, -0.1) is 0 Å². The molecule has 8 nitrogen and oxygen atoms in total. The molecule has 1 amide bonds. The summed E-state index contributed by atoms with van der Waals surface area (Å²) in [5.41, 5.74) is 13.8. The van der Waals surface area contributed by atoms with Crippen LogP contribution in [0.3, 0.4) is 0 Å². The lowest BCUT2D eigenvalue weighted by Gasteiger charge is -2.35. The fourth-order valence-corrected chi connectivity index (χ4v) is 2.91. The highest BCUT2D eigenvalue weighted by Gasteiger charge is 2.20. The summed E-state index contributed by atoms with van der Waals surface area (Å²) < 4.78 is 0. The topological polar surface area (TPSA) is 99.4 Å². The first kappa shape index (κ1) is 17.9. The Morgan fingerprint density at radius 3 is 2.50 bits per heavy atom. The number of nitrogens with one attached hydrogen (secondary N) is 2. The minimum Gasteiger partial charge on any atom is -0.393 e. The third-order valence-electron chi connectivity index (χ3n) is 4.59. The Morgan fingerprint density at radius 1 is 1.15 bits per heavy atom. The molecule has 0 unspecified atom stereocenters. The standard InChI is InChI=1S/C18H25N7O/c1-3-24-8-10-25(11-9-24)17-15(19)16(20-12-21-17)22-23-18(26)14-6-4-13(2)5-7-14/h4-7,12H,3,8-11,19H2,1-2H3,(H,23,26)(H,20,21,22). The Labute approximate surface area is 153 Å². The van der Waals surface area contributed by atoms with Crippen molar-refractivity contribution in [2.45, 2.75) is 13.8 Å². The molecule has 3 rings (SSSR count). The molecule has 1 saturated heterocycles. The first-order valence-corrected chi connectivity index (χ1v) is 8.79. The maximum atomic E-state index is 12.2. The summed E-state index contributed by atoms with van der Waals surface area (Å²) in [5.74, 6) is 0.845. The molecule has 0 radical (unpaired) electrons. The van der Waals surface area contributed by atoms with Crippen LogP contribution in [0.15, 0.2) is 30.6 Å². The molecule has 26 heavy (non-hydrogen) atoms. The number of likely N-dealkylation sites (N-methyl/N-ethyl adjacent to an activating group) is 1. The number of aryl methyl sites for hydroxylation is 1. The van der Waals surface area contributed by atoms with Gasteiger partial charge >= 0.3 is 0 Å². The van der Waals surface area contributed by atoms with E-state index in [9.17, 15) is 4.79 Å². The molecule has 1 aliphatic heterocycles. The fraction of sp³-hybridized carbons (Fsp3) is 0.389. The van der Waals surface area contributed by atoms with Gasteiger partial charge in [0.05, 0.1) is 0 Å². The van der Waals surface area contributed by atoms with Gasteiger partial charge in [-0.1, -0.05) is 24.6 Å². The van der Waals surface area contributed by atoms with E-state index in [2.05, 4.69) is 37.5 Å². The van der Waals surface area contributed by atoms with Crippen molar-refractivity contribution in [3.05, 3.63) is 41.7 Å². The maximum absolute atomic E-state index is 12.2. The molecule has 1 aliphatic rings. The van der Waals surface area contributed by atoms with Crippen molar-refractivity contribution in [1.82, 2.24) is 20.3 Å². The summed E-state index contributed by atoms with van der Waals surface area (Å²) >= 11 is 0. The van der Waals surface area contributed by atoms with Gasteiger partial charge in [-0.05, 0) is 25.6 Å². The minimum absolute atomic E-state index is 0.249. The molecular weight excluding hydrogens is 330 g/mol. The number of carbonyl (C=O) groups excluding carboxylic acids is 1. The number of nitrogens with zero attached hydrogens (tertiary/aromatic N) is 4. The highest BCUT2D eigenvalue weighted by molar-refractivity contribution is 5.95. The Kier molecular flexibility index (Phi) is 5.52. The number of benzene rings is 1. The van der Waals surface area contributed by atoms with Gasteiger partial charge in [0.15, 0.2) is 11.6 Å². The van der Waals surface area contributed by atoms with E-state index in [1.54, 1.807) is 12.1 Å². The lowest BCUT2D eigenvalue weighted by atomic mass is 10.1. The van der Waals surface area contributed by atoms with Crippen LogP contribution in [-0.2, 0) is 0 Å². The number of carbonyl (C=O) groups is 1. The molecule has 1 aromatic heterocycles. The summed E-state index contributed by atoms with van der Waals surface area (Å²) in [6.45, 7) is 8.87. The Balaban J connectivity index is 1.65. The van der Waals surface area contributed by atoms with Crippen molar-refractivity contribution in [1.29, 1.82) is 0 Å². The van der Waals surface area contributed by atoms with Gasteiger partial charge in [0.2, 0.25) is 0 Å². The zero-order valence-corrected chi connectivity index (χ0v) is 15.2. The number of hydrogen-bond acceptors (Lipinski definition) is 7. The van der Waals surface area contributed by atoms with E-state index < -0.39 is 0 Å². The molecule has 2 aromatic rings. The van der Waals surface area contributed by atoms with Crippen molar-refractivity contribution < 1.29 is 4.79 Å². The predicted molar refractivity (Wildman–Crippen MR) is 103 cm³/mol. The minimum atomic E-state index is -0.249. The van der Waals surface area contributed by atoms with Crippen LogP contribution in [0, 0.1) is 6.92 Å². The molecule has 0 saturated carbocycles. The largest absolute Gasteiger partial charge is 0.393 e. The molecule has 8 heteroatoms. The van der Waals surface area contributed by atoms with Crippen molar-refractivity contribution in [3.8, 4) is 0 Å². The number of hydrazine groups is 1. The van der Waals surface area contributed by atoms with Crippen molar-refractivity contribution in [2.75, 3.05) is 48.8 Å². The molecule has 138 valence electrons. The number of nitrogen functional groups attached to an aromatic ring is 1. The van der Waals surface area contributed by atoms with Crippen LogP contribution in [0.4, 0.5) is 17.3 Å². The monoisotopic (exact) mass is 355 g/mol. The molecular formula is C18H25N7O. The van der Waals surface area contributed by atoms with E-state index in [4.69, 9.17) is 5.73 Å². The highest BCUT2D eigenvalue weighted by Crippen LogP contribution is 2.26. The predicted octanol–water partition coefficient (Wildman–Crippen LogP) is 1.27. The number of amides is 1. The average molecular weight is 355 g/mol. The van der Waals surface area contributed by atoms with Gasteiger partial charge in [-0.3, -0.25) is 15.6 Å². The van der Waals surface area contributed by atoms with E-state index in [1.807, 2.05) is 19.1 Å². The number of hydrogen-bond donors (Lipinski definition) is 3. The van der Waals surface area contributed by atoms with Crippen LogP contribution < -0.4 is 21.5 Å². The van der Waals surface area contributed by atoms with Crippen molar-refractivity contribution in [2.24, 2.45) is 0 Å². The molecule has 1 aromatic carbocycles. The summed E-state index contributed by atoms with van der Waals surface area (Å²) in [7, 11) is 0. The maximum Gasteiger partial charge on any atom is 0.269 e. The molecule has 0 bridgehead atoms. The van der Waals surface area contributed by atoms with E-state index in [0.29, 0.717) is 22.9 Å². The smallest absolute Gasteiger partial charge is 0.269 e. The van der Waals surface area contributed by atoms with Crippen LogP contribution in [0.1, 0.15) is 22.8 Å². The number of rotatable bonds is 5. The van der Waals surface area contributed by atoms with Crippen molar-refractivity contribution >= 4 is 23.2 Å². The van der Waals surface area contributed by atoms with Gasteiger partial charge in [0.25, 0.3) is 5.91 Å². The number of nitrogens with two attached hydrogens (primary N) is 1. The zero-order chi connectivity index (χ0) is 18.5. The van der Waals surface area contributed by atoms with E-state index >= 15 is 0 Å². The van der Waals surface area contributed by atoms with Crippen LogP contribution in [0.2, 0.25) is 0 Å². The molecule has 2 heterocycles. The first-order valence-electron chi connectivity index (χ1n) is 8.79. The SMILES string of the molecule is CCN1CCN(c2ncnc(NNC(=O)c3ccc(C)cc3)c2N)CC1. The van der Waals surface area contributed by atoms with Gasteiger partial charge in [-0.25, -0.2) is 9.97 Å². The lowest BCUT2D eigenvalue weighted by molar-refractivity contribution is 0.0962. The van der Waals surface area contributed by atoms with Crippen LogP contribution in [-0.4, -0.2) is 53.5 Å². The zero-order valence-electron chi connectivity index (χ0n) is 15.2. The Hall–Kier alpha value is -2.87. The van der Waals surface area contributed by atoms with Gasteiger partial charge < -0.3 is 15.5 Å². The molecule has 4 N–H and O–H groups in total. The van der Waals surface area contributed by atoms with Gasteiger partial charge in [0, 0.05) is 31.7 Å². The second kappa shape index (κ2) is 8.01. The molecule has 0 spiro atoms. The molecule has 0 atom stereocenters. The number of piperazine rings is 1. The van der Waals surface area contributed by atoms with E-state index in [-0.39, 0.29) is 5.91 Å². The third-order valence-corrected chi connectivity index (χ3v) is 4.59. The van der Waals surface area contributed by atoms with E-state index in [0.717, 1.165) is 38.3 Å². The van der Waals surface area contributed by atoms with Crippen molar-refractivity contribution in [3.63, 3.8) is 0 Å². The van der Waals surface area contributed by atoms with Crippen LogP contribution in [0.25, 0.3) is 0 Å². The van der Waals surface area contributed by atoms with Crippen LogP contribution in [0.5, 0.6) is 0 Å². The average Bonchev–Trinajstić information content (AvgIpc) is 2.67. The summed E-state index contributed by atoms with van der Waals surface area (Å²) in [5, 5.41) is 0. The first-order chi connectivity index (χ1) is 12.6. The quantitative estimate of drug-likeness (QED) is 0.695. The Bertz CT molecular complexity index is 755. The fourth-order valence-electron chi connectivity index (χ4n) is 2.91. The lowest BCUT2D eigenvalue weighted by Crippen LogP contribution is -2.46. The second-order valence-corrected chi connectivity index (χ2v) is 6.33. The molecule has 1 fully saturated rings. The van der Waals surface area contributed by atoms with Crippen LogP contribution >= 0.6 is 0 Å². The Morgan fingerprint density at radius 2 is 1.85 bits per heavy atom. The highest BCUT2D eigenvalue weighted by atomic mass is 16.2. The number of aromatic nitrogens is 2. The van der Waals surface area contributed by atoms with E-state index in [1.165, 1.54) is 6.33 Å². The second-order valence-electron chi connectivity index (χ2n) is 6.33.